The Hall–Kier alpha value is -3.81. The lowest BCUT2D eigenvalue weighted by atomic mass is 10.1. The van der Waals surface area contributed by atoms with Gasteiger partial charge in [-0.25, -0.2) is 4.79 Å². The molecular weight excluding hydrogens is 352 g/mol. The number of carbonyl (C=O) groups excluding carboxylic acids is 2. The van der Waals surface area contributed by atoms with E-state index >= 15 is 0 Å². The molecule has 0 aliphatic carbocycles. The van der Waals surface area contributed by atoms with Crippen molar-refractivity contribution in [1.29, 1.82) is 0 Å². The van der Waals surface area contributed by atoms with Crippen molar-refractivity contribution in [3.63, 3.8) is 0 Å². The predicted molar refractivity (Wildman–Crippen MR) is 99.3 cm³/mol. The number of anilines is 2. The van der Waals surface area contributed by atoms with Crippen LogP contribution in [0.5, 0.6) is 11.5 Å². The molecule has 0 unspecified atom stereocenters. The maximum Gasteiger partial charge on any atom is 0.328 e. The van der Waals surface area contributed by atoms with E-state index in [4.69, 9.17) is 14.6 Å². The van der Waals surface area contributed by atoms with Crippen molar-refractivity contribution in [2.45, 2.75) is 0 Å². The first-order valence-electron chi connectivity index (χ1n) is 7.78. The van der Waals surface area contributed by atoms with Gasteiger partial charge in [-0.15, -0.1) is 0 Å². The second kappa shape index (κ2) is 9.04. The monoisotopic (exact) mass is 370 g/mol. The van der Waals surface area contributed by atoms with Crippen LogP contribution in [-0.4, -0.2) is 37.1 Å². The zero-order chi connectivity index (χ0) is 19.8. The van der Waals surface area contributed by atoms with Crippen LogP contribution < -0.4 is 20.1 Å². The molecule has 0 heterocycles. The molecule has 0 saturated carbocycles. The Labute approximate surface area is 155 Å². The number of carboxylic acid groups (broad SMARTS) is 1. The summed E-state index contributed by atoms with van der Waals surface area (Å²) >= 11 is 0. The van der Waals surface area contributed by atoms with Crippen molar-refractivity contribution < 1.29 is 29.0 Å². The van der Waals surface area contributed by atoms with Crippen LogP contribution in [0.3, 0.4) is 0 Å². The summed E-state index contributed by atoms with van der Waals surface area (Å²) in [5.74, 6) is -1.25. The summed E-state index contributed by atoms with van der Waals surface area (Å²) in [5, 5.41) is 13.7. The number of benzene rings is 2. The summed E-state index contributed by atoms with van der Waals surface area (Å²) in [6.07, 6.45) is 1.61. The molecule has 8 nitrogen and oxygen atoms in total. The van der Waals surface area contributed by atoms with E-state index in [9.17, 15) is 14.4 Å². The van der Waals surface area contributed by atoms with E-state index in [0.717, 1.165) is 12.2 Å². The molecule has 27 heavy (non-hydrogen) atoms. The third-order valence-electron chi connectivity index (χ3n) is 3.42. The average Bonchev–Trinajstić information content (AvgIpc) is 2.66. The fourth-order valence-electron chi connectivity index (χ4n) is 2.18. The van der Waals surface area contributed by atoms with Crippen molar-refractivity contribution in [3.8, 4) is 11.5 Å². The molecule has 0 atom stereocenters. The lowest BCUT2D eigenvalue weighted by molar-refractivity contribution is -0.131. The number of amides is 2. The summed E-state index contributed by atoms with van der Waals surface area (Å²) in [6, 6.07) is 11.2. The fourth-order valence-corrected chi connectivity index (χ4v) is 2.18. The van der Waals surface area contributed by atoms with E-state index in [0.29, 0.717) is 28.4 Å². The normalized spacial score (nSPS) is 10.3. The molecule has 2 amide bonds. The number of nitrogens with one attached hydrogen (secondary N) is 2. The SMILES string of the molecule is COc1ccc(OC)c(NC(=O)c2cccc(NC(=O)/C=C\C(=O)O)c2)c1. The molecule has 2 aromatic carbocycles. The van der Waals surface area contributed by atoms with Gasteiger partial charge in [0, 0.05) is 29.5 Å². The van der Waals surface area contributed by atoms with Gasteiger partial charge in [0.15, 0.2) is 0 Å². The van der Waals surface area contributed by atoms with E-state index in [-0.39, 0.29) is 0 Å². The van der Waals surface area contributed by atoms with Gasteiger partial charge in [-0.1, -0.05) is 6.07 Å². The lowest BCUT2D eigenvalue weighted by Gasteiger charge is -2.12. The third-order valence-corrected chi connectivity index (χ3v) is 3.42. The van der Waals surface area contributed by atoms with Gasteiger partial charge in [0.05, 0.1) is 19.9 Å². The van der Waals surface area contributed by atoms with E-state index in [1.54, 1.807) is 36.4 Å². The highest BCUT2D eigenvalue weighted by Gasteiger charge is 2.12. The standard InChI is InChI=1S/C19H18N2O6/c1-26-14-6-7-16(27-2)15(11-14)21-19(25)12-4-3-5-13(10-12)20-17(22)8-9-18(23)24/h3-11H,1-2H3,(H,20,22)(H,21,25)(H,23,24)/b9-8-. The molecule has 0 radical (unpaired) electrons. The molecule has 0 aliphatic heterocycles. The quantitative estimate of drug-likeness (QED) is 0.646. The van der Waals surface area contributed by atoms with Gasteiger partial charge in [-0.3, -0.25) is 9.59 Å². The van der Waals surface area contributed by atoms with Crippen LogP contribution in [0.15, 0.2) is 54.6 Å². The topological polar surface area (TPSA) is 114 Å². The molecule has 0 bridgehead atoms. The van der Waals surface area contributed by atoms with E-state index < -0.39 is 17.8 Å². The molecule has 3 N–H and O–H groups in total. The van der Waals surface area contributed by atoms with Crippen molar-refractivity contribution in [2.75, 3.05) is 24.9 Å². The Morgan fingerprint density at radius 3 is 2.41 bits per heavy atom. The second-order valence-corrected chi connectivity index (χ2v) is 5.26. The highest BCUT2D eigenvalue weighted by atomic mass is 16.5. The minimum atomic E-state index is -1.23. The van der Waals surface area contributed by atoms with Crippen molar-refractivity contribution in [2.24, 2.45) is 0 Å². The molecule has 2 rings (SSSR count). The van der Waals surface area contributed by atoms with Crippen molar-refractivity contribution >= 4 is 29.2 Å². The maximum absolute atomic E-state index is 12.5. The number of carbonyl (C=O) groups is 3. The Kier molecular flexibility index (Phi) is 6.54. The highest BCUT2D eigenvalue weighted by molar-refractivity contribution is 6.07. The zero-order valence-electron chi connectivity index (χ0n) is 14.7. The Morgan fingerprint density at radius 2 is 1.74 bits per heavy atom. The summed E-state index contributed by atoms with van der Waals surface area (Å²) in [5.41, 5.74) is 1.07. The van der Waals surface area contributed by atoms with Gasteiger partial charge in [0.2, 0.25) is 5.91 Å². The summed E-state index contributed by atoms with van der Waals surface area (Å²) in [6.45, 7) is 0. The van der Waals surface area contributed by atoms with Crippen LogP contribution in [0, 0.1) is 0 Å². The van der Waals surface area contributed by atoms with Gasteiger partial charge in [0.1, 0.15) is 11.5 Å². The van der Waals surface area contributed by atoms with Crippen molar-refractivity contribution in [3.05, 3.63) is 60.2 Å². The fraction of sp³-hybridized carbons (Fsp3) is 0.105. The van der Waals surface area contributed by atoms with Crippen LogP contribution in [0.4, 0.5) is 11.4 Å². The summed E-state index contributed by atoms with van der Waals surface area (Å²) < 4.78 is 10.4. The van der Waals surface area contributed by atoms with E-state index in [2.05, 4.69) is 10.6 Å². The number of methoxy groups -OCH3 is 2. The lowest BCUT2D eigenvalue weighted by Crippen LogP contribution is -2.14. The second-order valence-electron chi connectivity index (χ2n) is 5.26. The van der Waals surface area contributed by atoms with Crippen LogP contribution in [-0.2, 0) is 9.59 Å². The van der Waals surface area contributed by atoms with Crippen molar-refractivity contribution in [1.82, 2.24) is 0 Å². The number of carboxylic acids is 1. The minimum absolute atomic E-state index is 0.292. The Morgan fingerprint density at radius 1 is 0.963 bits per heavy atom. The molecule has 0 saturated heterocycles. The molecule has 0 aromatic heterocycles. The first kappa shape index (κ1) is 19.5. The number of aliphatic carboxylic acids is 1. The van der Waals surface area contributed by atoms with Gasteiger partial charge >= 0.3 is 5.97 Å². The molecule has 2 aromatic rings. The molecular formula is C19H18N2O6. The smallest absolute Gasteiger partial charge is 0.328 e. The van der Waals surface area contributed by atoms with Gasteiger partial charge < -0.3 is 25.2 Å². The predicted octanol–water partition coefficient (Wildman–Crippen LogP) is 2.54. The minimum Gasteiger partial charge on any atom is -0.497 e. The molecule has 140 valence electrons. The third kappa shape index (κ3) is 5.60. The average molecular weight is 370 g/mol. The van der Waals surface area contributed by atoms with Gasteiger partial charge in [0.25, 0.3) is 5.91 Å². The van der Waals surface area contributed by atoms with Crippen LogP contribution in [0.1, 0.15) is 10.4 Å². The first-order valence-corrected chi connectivity index (χ1v) is 7.78. The van der Waals surface area contributed by atoms with Crippen LogP contribution in [0.2, 0.25) is 0 Å². The molecule has 0 spiro atoms. The van der Waals surface area contributed by atoms with Gasteiger partial charge in [-0.05, 0) is 30.3 Å². The molecule has 0 aliphatic rings. The number of ether oxygens (including phenoxy) is 2. The summed E-state index contributed by atoms with van der Waals surface area (Å²) in [7, 11) is 3.00. The molecule has 0 fully saturated rings. The molecule has 8 heteroatoms. The van der Waals surface area contributed by atoms with Crippen LogP contribution >= 0.6 is 0 Å². The maximum atomic E-state index is 12.5. The van der Waals surface area contributed by atoms with Crippen LogP contribution in [0.25, 0.3) is 0 Å². The number of hydrogen-bond donors (Lipinski definition) is 3. The highest BCUT2D eigenvalue weighted by Crippen LogP contribution is 2.29. The Bertz CT molecular complexity index is 892. The largest absolute Gasteiger partial charge is 0.497 e. The number of hydrogen-bond acceptors (Lipinski definition) is 5. The van der Waals surface area contributed by atoms with Gasteiger partial charge in [-0.2, -0.15) is 0 Å². The zero-order valence-corrected chi connectivity index (χ0v) is 14.7. The Balaban J connectivity index is 2.16. The number of rotatable bonds is 7. The van der Waals surface area contributed by atoms with E-state index in [1.807, 2.05) is 0 Å². The first-order chi connectivity index (χ1) is 12.9. The summed E-state index contributed by atoms with van der Waals surface area (Å²) in [4.78, 5) is 34.6. The van der Waals surface area contributed by atoms with E-state index in [1.165, 1.54) is 20.3 Å².